The SMILES string of the molecule is CC(S)C(=O)OP(=O)(O)O. The minimum atomic E-state index is -4.67. The molecule has 7 heteroatoms. The van der Waals surface area contributed by atoms with Crippen molar-refractivity contribution >= 4 is 26.4 Å². The quantitative estimate of drug-likeness (QED) is 0.415. The van der Waals surface area contributed by atoms with Crippen molar-refractivity contribution in [1.82, 2.24) is 0 Å². The van der Waals surface area contributed by atoms with Crippen LogP contribution in [0.1, 0.15) is 6.92 Å². The molecule has 1 unspecified atom stereocenters. The molecule has 0 bridgehead atoms. The van der Waals surface area contributed by atoms with Crippen LogP contribution in [-0.4, -0.2) is 21.0 Å². The van der Waals surface area contributed by atoms with Crippen LogP contribution in [0, 0.1) is 0 Å². The summed E-state index contributed by atoms with van der Waals surface area (Å²) in [5, 5.41) is -0.826. The van der Waals surface area contributed by atoms with E-state index < -0.39 is 19.0 Å². The fourth-order valence-corrected chi connectivity index (χ4v) is 0.722. The molecule has 0 aromatic heterocycles. The lowest BCUT2D eigenvalue weighted by molar-refractivity contribution is -0.134. The maximum atomic E-state index is 10.4. The third-order valence-corrected chi connectivity index (χ3v) is 1.18. The Kier molecular flexibility index (Phi) is 3.38. The molecule has 0 rings (SSSR count). The summed E-state index contributed by atoms with van der Waals surface area (Å²) in [6.45, 7) is 1.35. The predicted octanol–water partition coefficient (Wildman–Crippen LogP) is -0.0594. The highest BCUT2D eigenvalue weighted by molar-refractivity contribution is 7.81. The summed E-state index contributed by atoms with van der Waals surface area (Å²) < 4.78 is 13.6. The summed E-state index contributed by atoms with van der Waals surface area (Å²) in [5.41, 5.74) is 0. The van der Waals surface area contributed by atoms with Gasteiger partial charge in [-0.05, 0) is 6.92 Å². The summed E-state index contributed by atoms with van der Waals surface area (Å²) in [5.74, 6) is -1.03. The van der Waals surface area contributed by atoms with Crippen molar-refractivity contribution < 1.29 is 23.7 Å². The molecule has 10 heavy (non-hydrogen) atoms. The molecule has 0 heterocycles. The van der Waals surface area contributed by atoms with Gasteiger partial charge < -0.3 is 4.52 Å². The van der Waals surface area contributed by atoms with Crippen LogP contribution >= 0.6 is 20.5 Å². The molecule has 0 spiro atoms. The first-order valence-corrected chi connectivity index (χ1v) is 4.34. The summed E-state index contributed by atoms with van der Waals surface area (Å²) in [7, 11) is -4.67. The fourth-order valence-electron chi connectivity index (χ4n) is 0.193. The zero-order valence-corrected chi connectivity index (χ0v) is 6.88. The lowest BCUT2D eigenvalue weighted by Gasteiger charge is -2.05. The van der Waals surface area contributed by atoms with E-state index in [0.29, 0.717) is 0 Å². The Balaban J connectivity index is 3.94. The number of hydrogen-bond donors (Lipinski definition) is 3. The van der Waals surface area contributed by atoms with E-state index in [2.05, 4.69) is 17.2 Å². The Morgan fingerprint density at radius 3 is 2.20 bits per heavy atom. The van der Waals surface area contributed by atoms with Gasteiger partial charge in [0.1, 0.15) is 0 Å². The molecule has 0 aromatic rings. The zero-order chi connectivity index (χ0) is 8.36. The van der Waals surface area contributed by atoms with Crippen molar-refractivity contribution in [3.8, 4) is 0 Å². The van der Waals surface area contributed by atoms with Gasteiger partial charge in [0, 0.05) is 0 Å². The highest BCUT2D eigenvalue weighted by Gasteiger charge is 2.22. The second-order valence-electron chi connectivity index (χ2n) is 1.58. The molecule has 0 aliphatic heterocycles. The number of carbonyl (C=O) groups excluding carboxylic acids is 1. The largest absolute Gasteiger partial charge is 0.527 e. The van der Waals surface area contributed by atoms with E-state index in [0.717, 1.165) is 0 Å². The van der Waals surface area contributed by atoms with Crippen molar-refractivity contribution in [1.29, 1.82) is 0 Å². The van der Waals surface area contributed by atoms with Gasteiger partial charge >= 0.3 is 13.8 Å². The molecule has 0 aliphatic rings. The van der Waals surface area contributed by atoms with Crippen molar-refractivity contribution in [2.24, 2.45) is 0 Å². The van der Waals surface area contributed by atoms with Gasteiger partial charge in [0.15, 0.2) is 0 Å². The van der Waals surface area contributed by atoms with Crippen molar-refractivity contribution in [2.75, 3.05) is 0 Å². The van der Waals surface area contributed by atoms with Crippen LogP contribution in [-0.2, 0) is 13.9 Å². The molecule has 1 atom stereocenters. The second-order valence-corrected chi connectivity index (χ2v) is 3.52. The third kappa shape index (κ3) is 4.81. The normalized spacial score (nSPS) is 14.4. The lowest BCUT2D eigenvalue weighted by Crippen LogP contribution is -2.12. The maximum Gasteiger partial charge on any atom is 0.527 e. The van der Waals surface area contributed by atoms with Gasteiger partial charge in [-0.2, -0.15) is 12.6 Å². The van der Waals surface area contributed by atoms with Crippen LogP contribution < -0.4 is 0 Å². The zero-order valence-electron chi connectivity index (χ0n) is 5.09. The number of carbonyl (C=O) groups is 1. The van der Waals surface area contributed by atoms with Crippen LogP contribution in [0.15, 0.2) is 0 Å². The van der Waals surface area contributed by atoms with Crippen molar-refractivity contribution in [3.63, 3.8) is 0 Å². The molecule has 0 aliphatic carbocycles. The number of hydrogen-bond acceptors (Lipinski definition) is 4. The first-order valence-electron chi connectivity index (χ1n) is 2.30. The van der Waals surface area contributed by atoms with Gasteiger partial charge in [-0.3, -0.25) is 14.6 Å². The van der Waals surface area contributed by atoms with Gasteiger partial charge in [-0.15, -0.1) is 0 Å². The summed E-state index contributed by atoms with van der Waals surface area (Å²) in [6.07, 6.45) is 0. The molecule has 0 saturated carbocycles. The second kappa shape index (κ2) is 3.39. The van der Waals surface area contributed by atoms with Crippen LogP contribution in [0.4, 0.5) is 0 Å². The summed E-state index contributed by atoms with van der Waals surface area (Å²) in [6, 6.07) is 0. The van der Waals surface area contributed by atoms with Gasteiger partial charge in [0.25, 0.3) is 0 Å². The first kappa shape index (κ1) is 9.97. The van der Waals surface area contributed by atoms with E-state index in [4.69, 9.17) is 9.79 Å². The smallest absolute Gasteiger partial charge is 0.370 e. The van der Waals surface area contributed by atoms with E-state index in [1.54, 1.807) is 0 Å². The molecule has 0 saturated heterocycles. The van der Waals surface area contributed by atoms with Crippen LogP contribution in [0.5, 0.6) is 0 Å². The van der Waals surface area contributed by atoms with Crippen molar-refractivity contribution in [3.05, 3.63) is 0 Å². The fraction of sp³-hybridized carbons (Fsp3) is 0.667. The molecule has 5 nitrogen and oxygen atoms in total. The van der Waals surface area contributed by atoms with E-state index >= 15 is 0 Å². The van der Waals surface area contributed by atoms with Crippen LogP contribution in [0.3, 0.4) is 0 Å². The van der Waals surface area contributed by atoms with E-state index in [1.807, 2.05) is 0 Å². The summed E-state index contributed by atoms with van der Waals surface area (Å²) in [4.78, 5) is 26.5. The first-order chi connectivity index (χ1) is 4.33. The molecular formula is C3H7O5PS. The minimum Gasteiger partial charge on any atom is -0.370 e. The molecule has 60 valence electrons. The average molecular weight is 186 g/mol. The van der Waals surface area contributed by atoms with Gasteiger partial charge in [0.05, 0.1) is 5.25 Å². The van der Waals surface area contributed by atoms with Crippen LogP contribution in [0.25, 0.3) is 0 Å². The Labute approximate surface area is 63.0 Å². The van der Waals surface area contributed by atoms with Gasteiger partial charge in [0.2, 0.25) is 0 Å². The Morgan fingerprint density at radius 2 is 2.10 bits per heavy atom. The summed E-state index contributed by atoms with van der Waals surface area (Å²) >= 11 is 3.59. The van der Waals surface area contributed by atoms with Gasteiger partial charge in [-0.1, -0.05) is 0 Å². The van der Waals surface area contributed by atoms with Crippen molar-refractivity contribution in [2.45, 2.75) is 12.2 Å². The monoisotopic (exact) mass is 186 g/mol. The standard InChI is InChI=1S/C3H7O5PS/c1-2(10)3(4)8-9(5,6)7/h2,10H,1H3,(H2,5,6,7). The highest BCUT2D eigenvalue weighted by Crippen LogP contribution is 2.36. The van der Waals surface area contributed by atoms with E-state index in [-0.39, 0.29) is 0 Å². The molecule has 0 aromatic carbocycles. The van der Waals surface area contributed by atoms with Crippen LogP contribution in [0.2, 0.25) is 0 Å². The highest BCUT2D eigenvalue weighted by atomic mass is 32.1. The Bertz CT molecular complexity index is 172. The number of rotatable bonds is 2. The third-order valence-electron chi connectivity index (χ3n) is 0.550. The van der Waals surface area contributed by atoms with Gasteiger partial charge in [-0.25, -0.2) is 4.57 Å². The lowest BCUT2D eigenvalue weighted by atomic mass is 10.5. The Morgan fingerprint density at radius 1 is 1.70 bits per heavy atom. The minimum absolute atomic E-state index is 0.826. The van der Waals surface area contributed by atoms with E-state index in [9.17, 15) is 9.36 Å². The maximum absolute atomic E-state index is 10.4. The Hall–Kier alpha value is -0.0300. The predicted molar refractivity (Wildman–Crippen MR) is 36.6 cm³/mol. The number of thiol groups is 1. The molecular weight excluding hydrogens is 179 g/mol. The molecule has 0 amide bonds. The van der Waals surface area contributed by atoms with E-state index in [1.165, 1.54) is 6.92 Å². The molecule has 0 radical (unpaired) electrons. The topological polar surface area (TPSA) is 83.8 Å². The molecule has 0 fully saturated rings. The average Bonchev–Trinajstić information content (AvgIpc) is 1.60. The molecule has 2 N–H and O–H groups in total. The number of phosphoric ester groups is 1. The number of phosphoric acid groups is 1.